The van der Waals surface area contributed by atoms with E-state index in [0.29, 0.717) is 0 Å². The third-order valence-corrected chi connectivity index (χ3v) is 3.26. The van der Waals surface area contributed by atoms with Crippen LogP contribution in [0.4, 0.5) is 0 Å². The summed E-state index contributed by atoms with van der Waals surface area (Å²) in [5.74, 6) is 0. The lowest BCUT2D eigenvalue weighted by Gasteiger charge is -1.95. The van der Waals surface area contributed by atoms with Gasteiger partial charge in [-0.2, -0.15) is 0 Å². The number of hydrogen-bond acceptors (Lipinski definition) is 2. The fourth-order valence-corrected chi connectivity index (χ4v) is 2.41. The number of aromatic amines is 1. The van der Waals surface area contributed by atoms with Crippen molar-refractivity contribution in [1.29, 1.82) is 0 Å². The highest BCUT2D eigenvalue weighted by Gasteiger charge is 2.02. The quantitative estimate of drug-likeness (QED) is 0.658. The summed E-state index contributed by atoms with van der Waals surface area (Å²) in [5.41, 5.74) is 3.57. The molecule has 0 aliphatic carbocycles. The fraction of sp³-hybridized carbons (Fsp3) is 0.0833. The molecule has 0 amide bonds. The maximum atomic E-state index is 4.31. The minimum absolute atomic E-state index is 1.08. The molecule has 3 aromatic rings. The number of benzene rings is 1. The number of aryl methyl sites for hydroxylation is 1. The van der Waals surface area contributed by atoms with Crippen LogP contribution in [0, 0.1) is 6.92 Å². The van der Waals surface area contributed by atoms with E-state index in [9.17, 15) is 0 Å². The second kappa shape index (κ2) is 3.21. The molecular formula is C12H10N2S. The number of H-pyrrole nitrogens is 1. The van der Waals surface area contributed by atoms with E-state index in [1.54, 1.807) is 11.3 Å². The maximum Gasteiger partial charge on any atom is 0.123 e. The summed E-state index contributed by atoms with van der Waals surface area (Å²) in [4.78, 5) is 7.62. The zero-order valence-electron chi connectivity index (χ0n) is 8.32. The number of rotatable bonds is 1. The minimum atomic E-state index is 1.08. The van der Waals surface area contributed by atoms with E-state index >= 15 is 0 Å². The van der Waals surface area contributed by atoms with E-state index in [1.807, 2.05) is 11.6 Å². The van der Waals surface area contributed by atoms with Gasteiger partial charge in [-0.05, 0) is 31.2 Å². The summed E-state index contributed by atoms with van der Waals surface area (Å²) in [6, 6.07) is 8.56. The highest BCUT2D eigenvalue weighted by atomic mass is 32.1. The fourth-order valence-electron chi connectivity index (χ4n) is 1.78. The Labute approximate surface area is 91.6 Å². The Morgan fingerprint density at radius 1 is 1.27 bits per heavy atom. The molecule has 1 aromatic carbocycles. The lowest BCUT2D eigenvalue weighted by Crippen LogP contribution is -1.75. The van der Waals surface area contributed by atoms with Crippen LogP contribution in [0.3, 0.4) is 0 Å². The SMILES string of the molecule is Cc1cc2cc(-c3nccs3)ccc2[nH]1. The van der Waals surface area contributed by atoms with E-state index in [2.05, 4.69) is 41.2 Å². The number of thiazole rings is 1. The number of hydrogen-bond donors (Lipinski definition) is 1. The standard InChI is InChI=1S/C12H10N2S/c1-8-6-10-7-9(2-3-11(10)14-8)12-13-4-5-15-12/h2-7,14H,1H3. The molecule has 0 saturated heterocycles. The average molecular weight is 214 g/mol. The Kier molecular flexibility index (Phi) is 1.86. The number of nitrogens with zero attached hydrogens (tertiary/aromatic N) is 1. The molecule has 74 valence electrons. The first-order valence-corrected chi connectivity index (χ1v) is 5.70. The van der Waals surface area contributed by atoms with E-state index in [0.717, 1.165) is 5.01 Å². The van der Waals surface area contributed by atoms with Crippen LogP contribution >= 0.6 is 11.3 Å². The second-order valence-corrected chi connectivity index (χ2v) is 4.49. The lowest BCUT2D eigenvalue weighted by molar-refractivity contribution is 1.30. The van der Waals surface area contributed by atoms with E-state index in [1.165, 1.54) is 22.2 Å². The summed E-state index contributed by atoms with van der Waals surface area (Å²) < 4.78 is 0. The first-order chi connectivity index (χ1) is 7.33. The second-order valence-electron chi connectivity index (χ2n) is 3.59. The molecule has 0 radical (unpaired) electrons. The van der Waals surface area contributed by atoms with Gasteiger partial charge >= 0.3 is 0 Å². The van der Waals surface area contributed by atoms with Gasteiger partial charge in [0, 0.05) is 33.7 Å². The van der Waals surface area contributed by atoms with Gasteiger partial charge in [-0.25, -0.2) is 4.98 Å². The Morgan fingerprint density at radius 3 is 3.00 bits per heavy atom. The Morgan fingerprint density at radius 2 is 2.20 bits per heavy atom. The first kappa shape index (κ1) is 8.68. The molecule has 0 aliphatic rings. The molecule has 0 aliphatic heterocycles. The van der Waals surface area contributed by atoms with E-state index in [-0.39, 0.29) is 0 Å². The number of fused-ring (bicyclic) bond motifs is 1. The van der Waals surface area contributed by atoms with Crippen molar-refractivity contribution < 1.29 is 0 Å². The van der Waals surface area contributed by atoms with Crippen molar-refractivity contribution in [2.75, 3.05) is 0 Å². The summed E-state index contributed by atoms with van der Waals surface area (Å²) in [5, 5.41) is 4.33. The topological polar surface area (TPSA) is 28.7 Å². The van der Waals surface area contributed by atoms with Crippen molar-refractivity contribution in [2.45, 2.75) is 6.92 Å². The van der Waals surface area contributed by atoms with Crippen molar-refractivity contribution >= 4 is 22.2 Å². The van der Waals surface area contributed by atoms with Crippen molar-refractivity contribution in [1.82, 2.24) is 9.97 Å². The average Bonchev–Trinajstić information content (AvgIpc) is 2.82. The van der Waals surface area contributed by atoms with Crippen LogP contribution in [0.5, 0.6) is 0 Å². The highest BCUT2D eigenvalue weighted by molar-refractivity contribution is 7.13. The van der Waals surface area contributed by atoms with Crippen LogP contribution in [0.25, 0.3) is 21.5 Å². The summed E-state index contributed by atoms with van der Waals surface area (Å²) in [7, 11) is 0. The molecule has 0 bridgehead atoms. The zero-order chi connectivity index (χ0) is 10.3. The number of aromatic nitrogens is 2. The molecule has 0 fully saturated rings. The smallest absolute Gasteiger partial charge is 0.123 e. The van der Waals surface area contributed by atoms with Gasteiger partial charge in [0.25, 0.3) is 0 Å². The van der Waals surface area contributed by atoms with Gasteiger partial charge in [0.1, 0.15) is 5.01 Å². The monoisotopic (exact) mass is 214 g/mol. The predicted molar refractivity (Wildman–Crippen MR) is 64.1 cm³/mol. The molecule has 2 nitrogen and oxygen atoms in total. The Balaban J connectivity index is 2.21. The van der Waals surface area contributed by atoms with Gasteiger partial charge in [-0.15, -0.1) is 11.3 Å². The van der Waals surface area contributed by atoms with Crippen LogP contribution in [0.15, 0.2) is 35.8 Å². The van der Waals surface area contributed by atoms with Gasteiger partial charge in [-0.3, -0.25) is 0 Å². The summed E-state index contributed by atoms with van der Waals surface area (Å²) in [6.45, 7) is 2.07. The Bertz CT molecular complexity index is 593. The van der Waals surface area contributed by atoms with Crippen molar-refractivity contribution in [3.05, 3.63) is 41.5 Å². The summed E-state index contributed by atoms with van der Waals surface area (Å²) >= 11 is 1.67. The molecule has 3 rings (SSSR count). The molecular weight excluding hydrogens is 204 g/mol. The van der Waals surface area contributed by atoms with Crippen molar-refractivity contribution in [2.24, 2.45) is 0 Å². The van der Waals surface area contributed by atoms with Gasteiger partial charge in [0.2, 0.25) is 0 Å². The van der Waals surface area contributed by atoms with E-state index < -0.39 is 0 Å². The lowest BCUT2D eigenvalue weighted by atomic mass is 10.1. The molecule has 0 atom stereocenters. The molecule has 2 aromatic heterocycles. The van der Waals surface area contributed by atoms with Gasteiger partial charge < -0.3 is 4.98 Å². The van der Waals surface area contributed by atoms with Gasteiger partial charge in [-0.1, -0.05) is 0 Å². The Hall–Kier alpha value is -1.61. The van der Waals surface area contributed by atoms with Crippen LogP contribution in [-0.4, -0.2) is 9.97 Å². The third-order valence-electron chi connectivity index (χ3n) is 2.43. The largest absolute Gasteiger partial charge is 0.359 e. The zero-order valence-corrected chi connectivity index (χ0v) is 9.14. The predicted octanol–water partition coefficient (Wildman–Crippen LogP) is 3.60. The van der Waals surface area contributed by atoms with Gasteiger partial charge in [0.15, 0.2) is 0 Å². The molecule has 15 heavy (non-hydrogen) atoms. The molecule has 2 heterocycles. The van der Waals surface area contributed by atoms with E-state index in [4.69, 9.17) is 0 Å². The molecule has 0 spiro atoms. The number of nitrogens with one attached hydrogen (secondary N) is 1. The van der Waals surface area contributed by atoms with Crippen LogP contribution in [0.2, 0.25) is 0 Å². The highest BCUT2D eigenvalue weighted by Crippen LogP contribution is 2.25. The van der Waals surface area contributed by atoms with Crippen LogP contribution < -0.4 is 0 Å². The summed E-state index contributed by atoms with van der Waals surface area (Å²) in [6.07, 6.45) is 1.84. The van der Waals surface area contributed by atoms with Gasteiger partial charge in [0.05, 0.1) is 0 Å². The third kappa shape index (κ3) is 1.45. The molecule has 0 saturated carbocycles. The normalized spacial score (nSPS) is 11.0. The van der Waals surface area contributed by atoms with Crippen molar-refractivity contribution in [3.63, 3.8) is 0 Å². The minimum Gasteiger partial charge on any atom is -0.359 e. The molecule has 0 unspecified atom stereocenters. The van der Waals surface area contributed by atoms with Crippen LogP contribution in [0.1, 0.15) is 5.69 Å². The molecule has 3 heteroatoms. The molecule has 1 N–H and O–H groups in total. The van der Waals surface area contributed by atoms with Crippen LogP contribution in [-0.2, 0) is 0 Å². The maximum absolute atomic E-state index is 4.31. The first-order valence-electron chi connectivity index (χ1n) is 4.82. The van der Waals surface area contributed by atoms with Crippen molar-refractivity contribution in [3.8, 4) is 10.6 Å².